The Morgan fingerprint density at radius 2 is 2.14 bits per heavy atom. The van der Waals surface area contributed by atoms with Gasteiger partial charge in [0.15, 0.2) is 11.4 Å². The number of anilines is 1. The summed E-state index contributed by atoms with van der Waals surface area (Å²) in [7, 11) is 1.53. The van der Waals surface area contributed by atoms with E-state index in [9.17, 15) is 4.79 Å². The lowest BCUT2D eigenvalue weighted by Crippen LogP contribution is -2.16. The smallest absolute Gasteiger partial charge is 0.412 e. The van der Waals surface area contributed by atoms with Crippen LogP contribution in [0.2, 0.25) is 0 Å². The van der Waals surface area contributed by atoms with Gasteiger partial charge < -0.3 is 14.0 Å². The maximum atomic E-state index is 11.8. The second kappa shape index (κ2) is 8.11. The number of ether oxygens (including phenoxy) is 2. The fourth-order valence-corrected chi connectivity index (χ4v) is 3.00. The highest BCUT2D eigenvalue weighted by atomic mass is 16.6. The molecule has 0 fully saturated rings. The first-order chi connectivity index (χ1) is 14.2. The highest BCUT2D eigenvalue weighted by Crippen LogP contribution is 2.35. The Morgan fingerprint density at radius 1 is 1.24 bits per heavy atom. The minimum absolute atomic E-state index is 0.151. The fourth-order valence-electron chi connectivity index (χ4n) is 3.00. The Bertz CT molecular complexity index is 1140. The Hall–Kier alpha value is -3.72. The van der Waals surface area contributed by atoms with Gasteiger partial charge in [0, 0.05) is 24.6 Å². The van der Waals surface area contributed by atoms with E-state index in [-0.39, 0.29) is 6.61 Å². The molecule has 0 radical (unpaired) electrons. The number of nitrogens with zero attached hydrogens (tertiary/aromatic N) is 3. The molecule has 3 heterocycles. The van der Waals surface area contributed by atoms with E-state index in [2.05, 4.69) is 25.7 Å². The maximum Gasteiger partial charge on any atom is 0.412 e. The van der Waals surface area contributed by atoms with Gasteiger partial charge in [-0.25, -0.2) is 4.79 Å². The molecule has 0 saturated heterocycles. The molecule has 2 N–H and O–H groups in total. The number of aryl methyl sites for hydroxylation is 1. The van der Waals surface area contributed by atoms with Crippen molar-refractivity contribution in [3.8, 4) is 22.5 Å². The summed E-state index contributed by atoms with van der Waals surface area (Å²) in [6.07, 6.45) is 1.11. The Balaban J connectivity index is 1.63. The Kier molecular flexibility index (Phi) is 5.21. The van der Waals surface area contributed by atoms with Crippen molar-refractivity contribution < 1.29 is 18.8 Å². The summed E-state index contributed by atoms with van der Waals surface area (Å²) >= 11 is 0. The second-order valence-corrected chi connectivity index (χ2v) is 6.28. The topological polar surface area (TPSA) is 115 Å². The number of methoxy groups -OCH3 is 1. The minimum atomic E-state index is -0.621. The predicted molar refractivity (Wildman–Crippen MR) is 106 cm³/mol. The lowest BCUT2D eigenvalue weighted by atomic mass is 10.0. The van der Waals surface area contributed by atoms with Crippen LogP contribution in [0.3, 0.4) is 0 Å². The van der Waals surface area contributed by atoms with E-state index in [1.165, 1.54) is 7.11 Å². The molecule has 1 amide bonds. The van der Waals surface area contributed by atoms with Crippen LogP contribution in [0.5, 0.6) is 0 Å². The average molecular weight is 393 g/mol. The summed E-state index contributed by atoms with van der Waals surface area (Å²) in [5, 5.41) is 14.6. The fraction of sp³-hybridized carbons (Fsp3) is 0.200. The van der Waals surface area contributed by atoms with Gasteiger partial charge in [-0.2, -0.15) is 5.10 Å². The van der Waals surface area contributed by atoms with Crippen LogP contribution in [0.1, 0.15) is 5.69 Å². The van der Waals surface area contributed by atoms with E-state index in [1.54, 1.807) is 6.20 Å². The van der Waals surface area contributed by atoms with Crippen LogP contribution in [-0.4, -0.2) is 46.8 Å². The predicted octanol–water partition coefficient (Wildman–Crippen LogP) is 3.78. The number of amides is 1. The molecule has 0 aliphatic carbocycles. The van der Waals surface area contributed by atoms with Crippen LogP contribution in [0.4, 0.5) is 10.6 Å². The quantitative estimate of drug-likeness (QED) is 0.479. The number of H-pyrrole nitrogens is 1. The summed E-state index contributed by atoms with van der Waals surface area (Å²) in [5.41, 5.74) is 4.78. The molecule has 0 atom stereocenters. The van der Waals surface area contributed by atoms with E-state index in [1.807, 2.05) is 43.3 Å². The summed E-state index contributed by atoms with van der Waals surface area (Å²) in [5.74, 6) is 0.294. The van der Waals surface area contributed by atoms with E-state index >= 15 is 0 Å². The van der Waals surface area contributed by atoms with Crippen LogP contribution >= 0.6 is 0 Å². The van der Waals surface area contributed by atoms with Crippen molar-refractivity contribution in [1.29, 1.82) is 0 Å². The van der Waals surface area contributed by atoms with Crippen LogP contribution in [0.25, 0.3) is 33.5 Å². The zero-order valence-electron chi connectivity index (χ0n) is 15.9. The van der Waals surface area contributed by atoms with Crippen LogP contribution < -0.4 is 5.32 Å². The Morgan fingerprint density at radius 3 is 2.93 bits per heavy atom. The lowest BCUT2D eigenvalue weighted by molar-refractivity contribution is 0.107. The van der Waals surface area contributed by atoms with E-state index < -0.39 is 6.09 Å². The molecule has 9 heteroatoms. The van der Waals surface area contributed by atoms with Crippen molar-refractivity contribution >= 4 is 22.9 Å². The van der Waals surface area contributed by atoms with Crippen molar-refractivity contribution in [3.63, 3.8) is 0 Å². The molecule has 148 valence electrons. The minimum Gasteiger partial charge on any atom is -0.447 e. The third kappa shape index (κ3) is 3.81. The highest BCUT2D eigenvalue weighted by molar-refractivity contribution is 5.98. The van der Waals surface area contributed by atoms with Crippen molar-refractivity contribution in [1.82, 2.24) is 20.3 Å². The zero-order valence-corrected chi connectivity index (χ0v) is 15.9. The average Bonchev–Trinajstić information content (AvgIpc) is 3.32. The number of carbonyl (C=O) groups is 1. The van der Waals surface area contributed by atoms with Gasteiger partial charge in [-0.05, 0) is 36.8 Å². The molecule has 0 spiro atoms. The number of aromatic nitrogens is 4. The first kappa shape index (κ1) is 18.6. The number of nitrogens with one attached hydrogen (secondary N) is 2. The molecule has 1 aromatic carbocycles. The highest BCUT2D eigenvalue weighted by Gasteiger charge is 2.18. The van der Waals surface area contributed by atoms with Gasteiger partial charge in [0.25, 0.3) is 0 Å². The number of hydrogen-bond donors (Lipinski definition) is 2. The summed E-state index contributed by atoms with van der Waals surface area (Å²) in [6.45, 7) is 2.42. The first-order valence-corrected chi connectivity index (χ1v) is 8.96. The second-order valence-electron chi connectivity index (χ2n) is 6.28. The van der Waals surface area contributed by atoms with Crippen molar-refractivity contribution in [2.45, 2.75) is 6.92 Å². The number of rotatable bonds is 6. The van der Waals surface area contributed by atoms with Gasteiger partial charge in [-0.15, -0.1) is 0 Å². The number of aromatic amines is 1. The summed E-state index contributed by atoms with van der Waals surface area (Å²) < 4.78 is 15.2. The molecule has 4 aromatic rings. The van der Waals surface area contributed by atoms with Crippen LogP contribution in [0, 0.1) is 6.92 Å². The molecular formula is C20H19N5O4. The third-order valence-electron chi connectivity index (χ3n) is 4.36. The van der Waals surface area contributed by atoms with E-state index in [4.69, 9.17) is 14.0 Å². The van der Waals surface area contributed by atoms with E-state index in [0.29, 0.717) is 23.4 Å². The molecule has 0 aliphatic heterocycles. The Labute approximate surface area is 166 Å². The van der Waals surface area contributed by atoms with Gasteiger partial charge in [0.1, 0.15) is 12.3 Å². The molecule has 4 rings (SSSR count). The number of fused-ring (bicyclic) bond motifs is 1. The molecule has 3 aromatic heterocycles. The third-order valence-corrected chi connectivity index (χ3v) is 4.36. The molecule has 29 heavy (non-hydrogen) atoms. The molecule has 0 saturated carbocycles. The van der Waals surface area contributed by atoms with Crippen LogP contribution in [0.15, 0.2) is 47.1 Å². The van der Waals surface area contributed by atoms with Gasteiger partial charge in [-0.3, -0.25) is 15.4 Å². The van der Waals surface area contributed by atoms with Gasteiger partial charge >= 0.3 is 6.09 Å². The molecule has 9 nitrogen and oxygen atoms in total. The van der Waals surface area contributed by atoms with Crippen molar-refractivity contribution in [2.75, 3.05) is 25.6 Å². The van der Waals surface area contributed by atoms with Crippen LogP contribution in [-0.2, 0) is 9.47 Å². The van der Waals surface area contributed by atoms with Gasteiger partial charge in [-0.1, -0.05) is 17.3 Å². The van der Waals surface area contributed by atoms with Crippen molar-refractivity contribution in [2.24, 2.45) is 0 Å². The SMILES string of the molecule is COCCOC(=O)Nc1noc2cc(-c3c(-c4ccccn4)n[nH]c3C)ccc12. The normalized spacial score (nSPS) is 11.0. The largest absolute Gasteiger partial charge is 0.447 e. The first-order valence-electron chi connectivity index (χ1n) is 8.96. The molecule has 0 unspecified atom stereocenters. The molecule has 0 aliphatic rings. The molecule has 0 bridgehead atoms. The standard InChI is InChI=1S/C20H19N5O4/c1-12-17(18(24-23-12)15-5-3-4-8-21-15)13-6-7-14-16(11-13)29-25-19(14)22-20(26)28-10-9-27-2/h3-8,11H,9-10H2,1-2H3,(H,23,24)(H,22,25,26). The van der Waals surface area contributed by atoms with Crippen molar-refractivity contribution in [3.05, 3.63) is 48.3 Å². The number of pyridine rings is 1. The molecular weight excluding hydrogens is 374 g/mol. The number of hydrogen-bond acceptors (Lipinski definition) is 7. The zero-order chi connectivity index (χ0) is 20.2. The summed E-state index contributed by atoms with van der Waals surface area (Å²) in [6, 6.07) is 11.3. The summed E-state index contributed by atoms with van der Waals surface area (Å²) in [4.78, 5) is 16.2. The lowest BCUT2D eigenvalue weighted by Gasteiger charge is -2.05. The number of benzene rings is 1. The van der Waals surface area contributed by atoms with E-state index in [0.717, 1.165) is 28.2 Å². The van der Waals surface area contributed by atoms with Gasteiger partial charge in [0.2, 0.25) is 0 Å². The van der Waals surface area contributed by atoms with Gasteiger partial charge in [0.05, 0.1) is 17.7 Å². The monoisotopic (exact) mass is 393 g/mol. The number of carbonyl (C=O) groups excluding carboxylic acids is 1. The maximum absolute atomic E-state index is 11.8.